The van der Waals surface area contributed by atoms with E-state index >= 15 is 0 Å². The van der Waals surface area contributed by atoms with Crippen molar-refractivity contribution in [3.8, 4) is 0 Å². The van der Waals surface area contributed by atoms with Crippen molar-refractivity contribution >= 4 is 22.0 Å². The summed E-state index contributed by atoms with van der Waals surface area (Å²) in [4.78, 5) is 22.3. The summed E-state index contributed by atoms with van der Waals surface area (Å²) in [5, 5.41) is -0.256. The van der Waals surface area contributed by atoms with Crippen LogP contribution in [0.15, 0.2) is 18.2 Å². The minimum Gasteiger partial charge on any atom is -0.281 e. The predicted molar refractivity (Wildman–Crippen MR) is 47.4 cm³/mol. The molecule has 0 atom stereocenters. The molecule has 0 amide bonds. The van der Waals surface area contributed by atoms with Gasteiger partial charge in [0.15, 0.2) is 0 Å². The van der Waals surface area contributed by atoms with Gasteiger partial charge in [-0.1, -0.05) is 11.6 Å². The van der Waals surface area contributed by atoms with E-state index in [4.69, 9.17) is 0 Å². The Balaban J connectivity index is 2.68. The van der Waals surface area contributed by atoms with E-state index < -0.39 is 0 Å². The first kappa shape index (κ1) is 7.55. The van der Waals surface area contributed by atoms with Crippen molar-refractivity contribution in [1.82, 2.24) is 0 Å². The van der Waals surface area contributed by atoms with Crippen molar-refractivity contribution in [3.05, 3.63) is 34.9 Å². The molecule has 2 nitrogen and oxygen atoms in total. The Hall–Kier alpha value is -1.09. The predicted octanol–water partition coefficient (Wildman–Crippen LogP) is 2.02. The first-order valence-corrected chi connectivity index (χ1v) is 4.37. The summed E-state index contributed by atoms with van der Waals surface area (Å²) in [5.74, 6) is 0. The van der Waals surface area contributed by atoms with Gasteiger partial charge in [-0.25, -0.2) is 0 Å². The Morgan fingerprint density at radius 2 is 1.75 bits per heavy atom. The van der Waals surface area contributed by atoms with Gasteiger partial charge in [-0.3, -0.25) is 9.59 Å². The van der Waals surface area contributed by atoms with Gasteiger partial charge in [0.1, 0.15) is 0 Å². The summed E-state index contributed by atoms with van der Waals surface area (Å²) in [6.45, 7) is 1.90. The van der Waals surface area contributed by atoms with Crippen LogP contribution in [0.5, 0.6) is 0 Å². The van der Waals surface area contributed by atoms with E-state index in [0.29, 0.717) is 11.1 Å². The van der Waals surface area contributed by atoms with Gasteiger partial charge < -0.3 is 0 Å². The van der Waals surface area contributed by atoms with Crippen molar-refractivity contribution in [2.24, 2.45) is 0 Å². The van der Waals surface area contributed by atoms with Crippen molar-refractivity contribution < 1.29 is 9.59 Å². The standard InChI is InChI=1S/C9H6O2S/c1-5-2-3-6-7(4-5)9(11)12-8(6)10/h2-4H,1H3. The molecule has 0 radical (unpaired) electrons. The number of hydrogen-bond donors (Lipinski definition) is 0. The highest BCUT2D eigenvalue weighted by Crippen LogP contribution is 2.29. The highest BCUT2D eigenvalue weighted by Gasteiger charge is 2.27. The van der Waals surface area contributed by atoms with Crippen LogP contribution in [0.4, 0.5) is 0 Å². The van der Waals surface area contributed by atoms with Gasteiger partial charge in [-0.2, -0.15) is 0 Å². The largest absolute Gasteiger partial charge is 0.281 e. The fourth-order valence-electron chi connectivity index (χ4n) is 1.20. The first-order chi connectivity index (χ1) is 5.68. The molecule has 0 fully saturated rings. The van der Waals surface area contributed by atoms with Gasteiger partial charge >= 0.3 is 0 Å². The molecular weight excluding hydrogens is 172 g/mol. The van der Waals surface area contributed by atoms with Gasteiger partial charge in [0.25, 0.3) is 0 Å². The Morgan fingerprint density at radius 1 is 1.08 bits per heavy atom. The van der Waals surface area contributed by atoms with Gasteiger partial charge in [-0.05, 0) is 30.8 Å². The molecule has 0 spiro atoms. The average Bonchev–Trinajstić information content (AvgIpc) is 2.28. The van der Waals surface area contributed by atoms with Crippen molar-refractivity contribution in [1.29, 1.82) is 0 Å². The fourth-order valence-corrected chi connectivity index (χ4v) is 1.93. The maximum Gasteiger partial charge on any atom is 0.227 e. The third-order valence-corrected chi connectivity index (χ3v) is 2.61. The molecule has 0 saturated heterocycles. The number of rotatable bonds is 0. The maximum absolute atomic E-state index is 11.2. The zero-order valence-electron chi connectivity index (χ0n) is 6.46. The van der Waals surface area contributed by atoms with E-state index in [1.807, 2.05) is 13.0 Å². The van der Waals surface area contributed by atoms with E-state index in [2.05, 4.69) is 0 Å². The SMILES string of the molecule is Cc1ccc2c(c1)C(=O)SC2=O. The number of carbonyl (C=O) groups excluding carboxylic acids is 2. The summed E-state index contributed by atoms with van der Waals surface area (Å²) in [6, 6.07) is 5.32. The molecule has 1 aliphatic heterocycles. The number of thioether (sulfide) groups is 1. The van der Waals surface area contributed by atoms with Crippen LogP contribution in [0, 0.1) is 6.92 Å². The fraction of sp³-hybridized carbons (Fsp3) is 0.111. The van der Waals surface area contributed by atoms with Gasteiger partial charge in [0, 0.05) is 11.1 Å². The molecule has 1 aliphatic rings. The Bertz CT molecular complexity index is 382. The molecule has 0 saturated carbocycles. The zero-order valence-corrected chi connectivity index (χ0v) is 7.27. The van der Waals surface area contributed by atoms with Crippen molar-refractivity contribution in [2.45, 2.75) is 6.92 Å². The van der Waals surface area contributed by atoms with Crippen LogP contribution in [0.2, 0.25) is 0 Å². The highest BCUT2D eigenvalue weighted by atomic mass is 32.2. The minimum absolute atomic E-state index is 0.126. The van der Waals surface area contributed by atoms with Crippen LogP contribution in [-0.4, -0.2) is 10.2 Å². The Kier molecular flexibility index (Phi) is 1.54. The van der Waals surface area contributed by atoms with Crippen molar-refractivity contribution in [2.75, 3.05) is 0 Å². The van der Waals surface area contributed by atoms with Crippen LogP contribution < -0.4 is 0 Å². The lowest BCUT2D eigenvalue weighted by molar-refractivity contribution is 0.108. The highest BCUT2D eigenvalue weighted by molar-refractivity contribution is 8.27. The van der Waals surface area contributed by atoms with Crippen LogP contribution in [-0.2, 0) is 0 Å². The molecule has 0 aromatic heterocycles. The maximum atomic E-state index is 11.2. The quantitative estimate of drug-likeness (QED) is 0.609. The molecule has 2 rings (SSSR count). The van der Waals surface area contributed by atoms with Crippen molar-refractivity contribution in [3.63, 3.8) is 0 Å². The van der Waals surface area contributed by atoms with Crippen LogP contribution >= 0.6 is 11.8 Å². The normalized spacial score (nSPS) is 15.1. The lowest BCUT2D eigenvalue weighted by Crippen LogP contribution is -1.90. The summed E-state index contributed by atoms with van der Waals surface area (Å²) in [7, 11) is 0. The third kappa shape index (κ3) is 0.975. The second kappa shape index (κ2) is 2.45. The molecule has 0 bridgehead atoms. The molecule has 0 aliphatic carbocycles. The number of aryl methyl sites for hydroxylation is 1. The summed E-state index contributed by atoms with van der Waals surface area (Å²) >= 11 is 0.780. The molecule has 0 N–H and O–H groups in total. The molecule has 1 aromatic rings. The smallest absolute Gasteiger partial charge is 0.227 e. The zero-order chi connectivity index (χ0) is 8.72. The first-order valence-electron chi connectivity index (χ1n) is 3.55. The van der Waals surface area contributed by atoms with Gasteiger partial charge in [0.05, 0.1) is 0 Å². The number of carbonyl (C=O) groups is 2. The minimum atomic E-state index is -0.130. The summed E-state index contributed by atoms with van der Waals surface area (Å²) in [6.07, 6.45) is 0. The number of fused-ring (bicyclic) bond motifs is 1. The van der Waals surface area contributed by atoms with Gasteiger partial charge in [-0.15, -0.1) is 0 Å². The second-order valence-electron chi connectivity index (χ2n) is 2.73. The van der Waals surface area contributed by atoms with Gasteiger partial charge in [0.2, 0.25) is 10.2 Å². The number of hydrogen-bond acceptors (Lipinski definition) is 3. The van der Waals surface area contributed by atoms with E-state index in [0.717, 1.165) is 17.3 Å². The van der Waals surface area contributed by atoms with Crippen LogP contribution in [0.1, 0.15) is 26.3 Å². The van der Waals surface area contributed by atoms with Crippen LogP contribution in [0.3, 0.4) is 0 Å². The van der Waals surface area contributed by atoms with E-state index in [1.54, 1.807) is 12.1 Å². The monoisotopic (exact) mass is 178 g/mol. The van der Waals surface area contributed by atoms with Crippen LogP contribution in [0.25, 0.3) is 0 Å². The Morgan fingerprint density at radius 3 is 2.50 bits per heavy atom. The molecule has 3 heteroatoms. The lowest BCUT2D eigenvalue weighted by Gasteiger charge is -1.95. The molecule has 0 unspecified atom stereocenters. The molecular formula is C9H6O2S. The summed E-state index contributed by atoms with van der Waals surface area (Å²) in [5.41, 5.74) is 2.12. The molecule has 1 heterocycles. The van der Waals surface area contributed by atoms with E-state index in [9.17, 15) is 9.59 Å². The van der Waals surface area contributed by atoms with E-state index in [1.165, 1.54) is 0 Å². The lowest BCUT2D eigenvalue weighted by atomic mass is 10.1. The molecule has 12 heavy (non-hydrogen) atoms. The Labute approximate surface area is 74.0 Å². The molecule has 1 aromatic carbocycles. The number of benzene rings is 1. The third-order valence-electron chi connectivity index (χ3n) is 1.80. The topological polar surface area (TPSA) is 34.1 Å². The summed E-state index contributed by atoms with van der Waals surface area (Å²) < 4.78 is 0. The second-order valence-corrected chi connectivity index (χ2v) is 3.67. The van der Waals surface area contributed by atoms with E-state index in [-0.39, 0.29) is 10.2 Å². The molecule has 60 valence electrons. The average molecular weight is 178 g/mol.